The van der Waals surface area contributed by atoms with Crippen molar-refractivity contribution in [3.63, 3.8) is 0 Å². The van der Waals surface area contributed by atoms with E-state index in [0.29, 0.717) is 49.1 Å². The number of pyridine rings is 1. The molecule has 10 heteroatoms. The van der Waals surface area contributed by atoms with Gasteiger partial charge in [-0.1, -0.05) is 0 Å². The fraction of sp³-hybridized carbons (Fsp3) is 0.444. The van der Waals surface area contributed by atoms with E-state index in [2.05, 4.69) is 10.4 Å². The summed E-state index contributed by atoms with van der Waals surface area (Å²) in [5.74, 6) is -1.18. The summed E-state index contributed by atoms with van der Waals surface area (Å²) in [6.07, 6.45) is 5.06. The summed E-state index contributed by atoms with van der Waals surface area (Å²) in [7, 11) is 0. The number of benzene rings is 1. The minimum absolute atomic E-state index is 0.197. The molecule has 1 N–H and O–H groups in total. The number of halogens is 2. The SMILES string of the molecule is CC(C)(C)OC(=O)N1CCC(NC(=O)c2cnn3ccc(N4CCC[C@@H]4c4cc(F)ccc4F)cc23)C1. The van der Waals surface area contributed by atoms with Gasteiger partial charge in [0.25, 0.3) is 5.91 Å². The van der Waals surface area contributed by atoms with Crippen LogP contribution in [0.2, 0.25) is 0 Å². The number of nitrogens with one attached hydrogen (secondary N) is 1. The minimum Gasteiger partial charge on any atom is -0.444 e. The number of carbonyl (C=O) groups is 2. The van der Waals surface area contributed by atoms with Gasteiger partial charge in [-0.15, -0.1) is 0 Å². The third kappa shape index (κ3) is 5.23. The average molecular weight is 512 g/mol. The Bertz CT molecular complexity index is 1340. The third-order valence-corrected chi connectivity index (χ3v) is 6.83. The van der Waals surface area contributed by atoms with Gasteiger partial charge in [0.1, 0.15) is 17.2 Å². The molecule has 4 heterocycles. The lowest BCUT2D eigenvalue weighted by Crippen LogP contribution is -2.40. The molecule has 0 radical (unpaired) electrons. The Labute approximate surface area is 214 Å². The largest absolute Gasteiger partial charge is 0.444 e. The topological polar surface area (TPSA) is 79.2 Å². The van der Waals surface area contributed by atoms with Gasteiger partial charge in [-0.05, 0) is 70.4 Å². The summed E-state index contributed by atoms with van der Waals surface area (Å²) in [5, 5.41) is 7.32. The fourth-order valence-electron chi connectivity index (χ4n) is 5.13. The standard InChI is InChI=1S/C27H31F2N5O3/c1-27(2,3)37-26(36)32-11-8-18(16-32)31-25(35)21-15-30-34-12-9-19(14-24(21)34)33-10-4-5-23(33)20-13-17(28)6-7-22(20)29/h6-7,9,12-15,18,23H,4-5,8,10-11,16H2,1-3H3,(H,31,35)/t18?,23-/m1/s1. The number of anilines is 1. The molecule has 196 valence electrons. The highest BCUT2D eigenvalue weighted by atomic mass is 19.1. The van der Waals surface area contributed by atoms with Crippen molar-refractivity contribution in [3.8, 4) is 0 Å². The van der Waals surface area contributed by atoms with Crippen LogP contribution in [0.4, 0.5) is 19.3 Å². The second-order valence-corrected chi connectivity index (χ2v) is 10.7. The maximum atomic E-state index is 14.5. The van der Waals surface area contributed by atoms with Gasteiger partial charge in [0.05, 0.1) is 23.3 Å². The maximum absolute atomic E-state index is 14.5. The Morgan fingerprint density at radius 2 is 1.92 bits per heavy atom. The molecule has 8 nitrogen and oxygen atoms in total. The molecule has 2 aromatic heterocycles. The molecule has 0 saturated carbocycles. The van der Waals surface area contributed by atoms with E-state index in [-0.39, 0.29) is 24.1 Å². The van der Waals surface area contributed by atoms with Crippen molar-refractivity contribution in [3.05, 3.63) is 65.5 Å². The van der Waals surface area contributed by atoms with E-state index in [1.165, 1.54) is 12.3 Å². The van der Waals surface area contributed by atoms with Gasteiger partial charge in [0, 0.05) is 43.1 Å². The van der Waals surface area contributed by atoms with E-state index in [9.17, 15) is 18.4 Å². The predicted octanol–water partition coefficient (Wildman–Crippen LogP) is 4.69. The van der Waals surface area contributed by atoms with Crippen LogP contribution in [0.1, 0.15) is 62.0 Å². The number of ether oxygens (including phenoxy) is 1. The first-order valence-electron chi connectivity index (χ1n) is 12.6. The van der Waals surface area contributed by atoms with Crippen LogP contribution in [0, 0.1) is 11.6 Å². The van der Waals surface area contributed by atoms with E-state index in [4.69, 9.17) is 4.74 Å². The van der Waals surface area contributed by atoms with E-state index in [1.807, 2.05) is 37.8 Å². The molecule has 1 aromatic carbocycles. The van der Waals surface area contributed by atoms with Crippen molar-refractivity contribution in [1.82, 2.24) is 19.8 Å². The van der Waals surface area contributed by atoms with Gasteiger partial charge in [0.2, 0.25) is 0 Å². The molecule has 3 aromatic rings. The Hall–Kier alpha value is -3.69. The minimum atomic E-state index is -0.581. The number of amides is 2. The molecule has 5 rings (SSSR count). The van der Waals surface area contributed by atoms with Gasteiger partial charge in [-0.25, -0.2) is 18.1 Å². The van der Waals surface area contributed by atoms with Crippen LogP contribution >= 0.6 is 0 Å². The van der Waals surface area contributed by atoms with Crippen molar-refractivity contribution in [1.29, 1.82) is 0 Å². The zero-order chi connectivity index (χ0) is 26.3. The van der Waals surface area contributed by atoms with E-state index >= 15 is 0 Å². The van der Waals surface area contributed by atoms with Crippen molar-refractivity contribution in [2.75, 3.05) is 24.5 Å². The molecule has 0 spiro atoms. The summed E-state index contributed by atoms with van der Waals surface area (Å²) in [6.45, 7) is 7.02. The summed E-state index contributed by atoms with van der Waals surface area (Å²) < 4.78 is 35.5. The third-order valence-electron chi connectivity index (χ3n) is 6.83. The first-order chi connectivity index (χ1) is 17.6. The second-order valence-electron chi connectivity index (χ2n) is 10.7. The number of nitrogens with zero attached hydrogens (tertiary/aromatic N) is 4. The number of aromatic nitrogens is 2. The molecule has 2 saturated heterocycles. The Balaban J connectivity index is 1.33. The molecule has 2 amide bonds. The monoisotopic (exact) mass is 511 g/mol. The lowest BCUT2D eigenvalue weighted by atomic mass is 10.0. The van der Waals surface area contributed by atoms with Crippen molar-refractivity contribution < 1.29 is 23.1 Å². The molecule has 37 heavy (non-hydrogen) atoms. The molecule has 0 aliphatic carbocycles. The lowest BCUT2D eigenvalue weighted by Gasteiger charge is -2.27. The molecule has 2 aliphatic heterocycles. The highest BCUT2D eigenvalue weighted by Gasteiger charge is 2.32. The quantitative estimate of drug-likeness (QED) is 0.550. The van der Waals surface area contributed by atoms with Crippen LogP contribution < -0.4 is 10.2 Å². The van der Waals surface area contributed by atoms with Gasteiger partial charge in [0.15, 0.2) is 0 Å². The molecule has 2 aliphatic rings. The summed E-state index contributed by atoms with van der Waals surface area (Å²) >= 11 is 0. The van der Waals surface area contributed by atoms with Crippen molar-refractivity contribution >= 4 is 23.2 Å². The van der Waals surface area contributed by atoms with Crippen LogP contribution in [-0.2, 0) is 4.74 Å². The summed E-state index contributed by atoms with van der Waals surface area (Å²) in [5.41, 5.74) is 1.58. The molecule has 2 atom stereocenters. The lowest BCUT2D eigenvalue weighted by molar-refractivity contribution is 0.0290. The predicted molar refractivity (Wildman–Crippen MR) is 135 cm³/mol. The number of hydrogen-bond donors (Lipinski definition) is 1. The number of carbonyl (C=O) groups excluding carboxylic acids is 2. The Kier molecular flexibility index (Phi) is 6.51. The summed E-state index contributed by atoms with van der Waals surface area (Å²) in [4.78, 5) is 29.2. The zero-order valence-electron chi connectivity index (χ0n) is 21.2. The number of fused-ring (bicyclic) bond motifs is 1. The molecule has 0 bridgehead atoms. The van der Waals surface area contributed by atoms with Gasteiger partial charge in [-0.3, -0.25) is 4.79 Å². The summed E-state index contributed by atoms with van der Waals surface area (Å²) in [6, 6.07) is 6.78. The highest BCUT2D eigenvalue weighted by Crippen LogP contribution is 2.38. The average Bonchev–Trinajstić information content (AvgIpc) is 3.58. The first-order valence-corrected chi connectivity index (χ1v) is 12.6. The first kappa shape index (κ1) is 25.0. The van der Waals surface area contributed by atoms with Crippen LogP contribution in [0.15, 0.2) is 42.7 Å². The molecule has 2 fully saturated rings. The smallest absolute Gasteiger partial charge is 0.410 e. The Morgan fingerprint density at radius 3 is 2.70 bits per heavy atom. The molecular formula is C27H31F2N5O3. The zero-order valence-corrected chi connectivity index (χ0v) is 21.2. The van der Waals surface area contributed by atoms with Crippen LogP contribution in [-0.4, -0.2) is 57.8 Å². The van der Waals surface area contributed by atoms with Gasteiger partial charge >= 0.3 is 6.09 Å². The molecular weight excluding hydrogens is 480 g/mol. The van der Waals surface area contributed by atoms with Crippen LogP contribution in [0.3, 0.4) is 0 Å². The Morgan fingerprint density at radius 1 is 1.11 bits per heavy atom. The normalized spacial score (nSPS) is 20.0. The van der Waals surface area contributed by atoms with E-state index in [1.54, 1.807) is 15.6 Å². The van der Waals surface area contributed by atoms with E-state index < -0.39 is 17.2 Å². The number of rotatable bonds is 4. The van der Waals surface area contributed by atoms with Gasteiger partial charge in [-0.2, -0.15) is 5.10 Å². The maximum Gasteiger partial charge on any atom is 0.410 e. The number of hydrogen-bond acceptors (Lipinski definition) is 5. The van der Waals surface area contributed by atoms with Crippen LogP contribution in [0.25, 0.3) is 5.52 Å². The molecule has 1 unspecified atom stereocenters. The second kappa shape index (κ2) is 9.64. The van der Waals surface area contributed by atoms with Crippen molar-refractivity contribution in [2.45, 2.75) is 57.7 Å². The van der Waals surface area contributed by atoms with Crippen molar-refractivity contribution in [2.24, 2.45) is 0 Å². The van der Waals surface area contributed by atoms with Crippen LogP contribution in [0.5, 0.6) is 0 Å². The number of likely N-dealkylation sites (tertiary alicyclic amines) is 1. The highest BCUT2D eigenvalue weighted by molar-refractivity contribution is 6.01. The van der Waals surface area contributed by atoms with Gasteiger partial charge < -0.3 is 19.9 Å². The fourth-order valence-corrected chi connectivity index (χ4v) is 5.13. The van der Waals surface area contributed by atoms with E-state index in [0.717, 1.165) is 24.2 Å².